The number of aryl methyl sites for hydroxylation is 1. The second kappa shape index (κ2) is 6.94. The van der Waals surface area contributed by atoms with Crippen molar-refractivity contribution >= 4 is 17.3 Å². The number of carbonyl (C=O) groups is 1. The number of rotatable bonds is 4. The van der Waals surface area contributed by atoms with E-state index >= 15 is 0 Å². The molecule has 116 valence electrons. The smallest absolute Gasteiger partial charge is 0.238 e. The van der Waals surface area contributed by atoms with Crippen LogP contribution in [0.5, 0.6) is 0 Å². The molecule has 0 spiro atoms. The molecule has 21 heavy (non-hydrogen) atoms. The van der Waals surface area contributed by atoms with Crippen LogP contribution in [0.15, 0.2) is 18.2 Å². The Bertz CT molecular complexity index is 501. The van der Waals surface area contributed by atoms with E-state index in [1.165, 1.54) is 25.7 Å². The molecule has 3 N–H and O–H groups in total. The topological polar surface area (TPSA) is 58.4 Å². The molecule has 1 fully saturated rings. The summed E-state index contributed by atoms with van der Waals surface area (Å²) < 4.78 is 0. The molecule has 0 aliphatic heterocycles. The summed E-state index contributed by atoms with van der Waals surface area (Å²) in [5.41, 5.74) is 8.30. The Hall–Kier alpha value is -1.55. The summed E-state index contributed by atoms with van der Waals surface area (Å²) in [4.78, 5) is 14.4. The van der Waals surface area contributed by atoms with E-state index < -0.39 is 0 Å². The average Bonchev–Trinajstić information content (AvgIpc) is 2.42. The first kappa shape index (κ1) is 15.8. The molecule has 4 nitrogen and oxygen atoms in total. The number of nitrogens with two attached hydrogens (primary N) is 1. The Labute approximate surface area is 127 Å². The first-order chi connectivity index (χ1) is 9.97. The van der Waals surface area contributed by atoms with Crippen molar-refractivity contribution in [3.8, 4) is 0 Å². The fourth-order valence-corrected chi connectivity index (χ4v) is 3.31. The lowest BCUT2D eigenvalue weighted by atomic mass is 9.85. The lowest BCUT2D eigenvalue weighted by molar-refractivity contribution is -0.117. The number of nitrogens with zero attached hydrogens (tertiary/aromatic N) is 1. The molecule has 1 saturated carbocycles. The molecule has 2 rings (SSSR count). The first-order valence-corrected chi connectivity index (χ1v) is 7.83. The van der Waals surface area contributed by atoms with Crippen LogP contribution in [0.1, 0.15) is 38.2 Å². The number of carbonyl (C=O) groups excluding carboxylic acids is 1. The molecule has 1 aromatic carbocycles. The molecular weight excluding hydrogens is 262 g/mol. The van der Waals surface area contributed by atoms with Crippen LogP contribution in [-0.2, 0) is 4.79 Å². The molecular formula is C17H27N3O. The van der Waals surface area contributed by atoms with Crippen molar-refractivity contribution in [3.05, 3.63) is 23.8 Å². The highest BCUT2D eigenvalue weighted by molar-refractivity contribution is 5.93. The highest BCUT2D eigenvalue weighted by atomic mass is 16.2. The summed E-state index contributed by atoms with van der Waals surface area (Å²) >= 11 is 0. The van der Waals surface area contributed by atoms with Crippen LogP contribution in [0.2, 0.25) is 0 Å². The quantitative estimate of drug-likeness (QED) is 0.838. The van der Waals surface area contributed by atoms with E-state index in [2.05, 4.69) is 24.2 Å². The Kier molecular flexibility index (Phi) is 5.23. The van der Waals surface area contributed by atoms with Gasteiger partial charge in [-0.05, 0) is 56.5 Å². The van der Waals surface area contributed by atoms with Crippen molar-refractivity contribution in [2.24, 2.45) is 5.92 Å². The second-order valence-electron chi connectivity index (χ2n) is 6.37. The van der Waals surface area contributed by atoms with Crippen LogP contribution >= 0.6 is 0 Å². The number of nitrogen functional groups attached to an aromatic ring is 1. The van der Waals surface area contributed by atoms with E-state index in [0.717, 1.165) is 16.9 Å². The lowest BCUT2D eigenvalue weighted by Gasteiger charge is -2.35. The lowest BCUT2D eigenvalue weighted by Crippen LogP contribution is -2.42. The average molecular weight is 289 g/mol. The Balaban J connectivity index is 1.91. The first-order valence-electron chi connectivity index (χ1n) is 7.83. The minimum absolute atomic E-state index is 0.0446. The van der Waals surface area contributed by atoms with Gasteiger partial charge in [0.05, 0.1) is 6.54 Å². The molecule has 0 bridgehead atoms. The van der Waals surface area contributed by atoms with Crippen LogP contribution in [0, 0.1) is 12.8 Å². The Morgan fingerprint density at radius 1 is 1.38 bits per heavy atom. The molecule has 1 aliphatic carbocycles. The maximum absolute atomic E-state index is 12.2. The number of anilines is 2. The van der Waals surface area contributed by atoms with Gasteiger partial charge in [0.2, 0.25) is 5.91 Å². The molecule has 0 aromatic heterocycles. The standard InChI is InChI=1S/C17H27N3O/c1-12-6-4-5-7-16(12)20(3)11-17(21)19-15-9-8-14(18)10-13(15)2/h8-10,12,16H,4-7,11,18H2,1-3H3,(H,19,21). The molecule has 4 heteroatoms. The second-order valence-corrected chi connectivity index (χ2v) is 6.37. The number of hydrogen-bond donors (Lipinski definition) is 2. The third-order valence-electron chi connectivity index (χ3n) is 4.55. The van der Waals surface area contributed by atoms with E-state index in [1.54, 1.807) is 0 Å². The minimum atomic E-state index is 0.0446. The van der Waals surface area contributed by atoms with E-state index in [0.29, 0.717) is 18.5 Å². The van der Waals surface area contributed by atoms with Gasteiger partial charge in [-0.1, -0.05) is 19.8 Å². The van der Waals surface area contributed by atoms with Crippen LogP contribution in [0.3, 0.4) is 0 Å². The van der Waals surface area contributed by atoms with Gasteiger partial charge >= 0.3 is 0 Å². The normalized spacial score (nSPS) is 22.3. The highest BCUT2D eigenvalue weighted by Gasteiger charge is 2.25. The SMILES string of the molecule is Cc1cc(N)ccc1NC(=O)CN(C)C1CCCCC1C. The molecule has 2 atom stereocenters. The predicted octanol–water partition coefficient (Wildman–Crippen LogP) is 3.03. The molecule has 1 aromatic rings. The monoisotopic (exact) mass is 289 g/mol. The third-order valence-corrected chi connectivity index (χ3v) is 4.55. The van der Waals surface area contributed by atoms with Crippen LogP contribution in [-0.4, -0.2) is 30.4 Å². The van der Waals surface area contributed by atoms with Crippen LogP contribution in [0.4, 0.5) is 11.4 Å². The number of benzene rings is 1. The zero-order chi connectivity index (χ0) is 15.4. The summed E-state index contributed by atoms with van der Waals surface area (Å²) in [6.45, 7) is 4.69. The van der Waals surface area contributed by atoms with Crippen molar-refractivity contribution in [1.82, 2.24) is 4.90 Å². The number of amides is 1. The van der Waals surface area contributed by atoms with E-state index in [9.17, 15) is 4.79 Å². The molecule has 1 amide bonds. The zero-order valence-electron chi connectivity index (χ0n) is 13.4. The van der Waals surface area contributed by atoms with Crippen LogP contribution < -0.4 is 11.1 Å². The summed E-state index contributed by atoms with van der Waals surface area (Å²) in [6, 6.07) is 6.08. The van der Waals surface area contributed by atoms with Crippen molar-refractivity contribution in [1.29, 1.82) is 0 Å². The van der Waals surface area contributed by atoms with Gasteiger partial charge in [-0.15, -0.1) is 0 Å². The number of hydrogen-bond acceptors (Lipinski definition) is 3. The summed E-state index contributed by atoms with van der Waals surface area (Å²) in [5.74, 6) is 0.720. The maximum Gasteiger partial charge on any atom is 0.238 e. The van der Waals surface area contributed by atoms with Gasteiger partial charge in [0.25, 0.3) is 0 Å². The van der Waals surface area contributed by atoms with Crippen LogP contribution in [0.25, 0.3) is 0 Å². The molecule has 0 saturated heterocycles. The van der Waals surface area contributed by atoms with E-state index in [-0.39, 0.29) is 5.91 Å². The fraction of sp³-hybridized carbons (Fsp3) is 0.588. The number of likely N-dealkylation sites (N-methyl/N-ethyl adjacent to an activating group) is 1. The van der Waals surface area contributed by atoms with Crippen molar-refractivity contribution in [3.63, 3.8) is 0 Å². The van der Waals surface area contributed by atoms with Gasteiger partial charge in [0.15, 0.2) is 0 Å². The Morgan fingerprint density at radius 3 is 2.76 bits per heavy atom. The van der Waals surface area contributed by atoms with Crippen molar-refractivity contribution in [2.75, 3.05) is 24.6 Å². The van der Waals surface area contributed by atoms with E-state index in [4.69, 9.17) is 5.73 Å². The Morgan fingerprint density at radius 2 is 2.10 bits per heavy atom. The minimum Gasteiger partial charge on any atom is -0.399 e. The van der Waals surface area contributed by atoms with Crippen molar-refractivity contribution < 1.29 is 4.79 Å². The summed E-state index contributed by atoms with van der Waals surface area (Å²) in [5, 5.41) is 2.99. The largest absolute Gasteiger partial charge is 0.399 e. The molecule has 2 unspecified atom stereocenters. The van der Waals surface area contributed by atoms with Gasteiger partial charge in [-0.25, -0.2) is 0 Å². The van der Waals surface area contributed by atoms with E-state index in [1.807, 2.05) is 25.1 Å². The molecule has 0 radical (unpaired) electrons. The van der Waals surface area contributed by atoms with Gasteiger partial charge in [-0.3, -0.25) is 9.69 Å². The highest BCUT2D eigenvalue weighted by Crippen LogP contribution is 2.27. The third kappa shape index (κ3) is 4.21. The zero-order valence-corrected chi connectivity index (χ0v) is 13.4. The molecule has 0 heterocycles. The van der Waals surface area contributed by atoms with Gasteiger partial charge in [-0.2, -0.15) is 0 Å². The van der Waals surface area contributed by atoms with Gasteiger partial charge in [0.1, 0.15) is 0 Å². The summed E-state index contributed by atoms with van der Waals surface area (Å²) in [6.07, 6.45) is 5.07. The van der Waals surface area contributed by atoms with Gasteiger partial charge < -0.3 is 11.1 Å². The van der Waals surface area contributed by atoms with Crippen molar-refractivity contribution in [2.45, 2.75) is 45.6 Å². The van der Waals surface area contributed by atoms with Gasteiger partial charge in [0, 0.05) is 17.4 Å². The predicted molar refractivity (Wildman–Crippen MR) is 88.3 cm³/mol. The maximum atomic E-state index is 12.2. The fourth-order valence-electron chi connectivity index (χ4n) is 3.31. The molecule has 1 aliphatic rings. The summed E-state index contributed by atoms with van der Waals surface area (Å²) in [7, 11) is 2.06. The number of nitrogens with one attached hydrogen (secondary N) is 1.